The lowest BCUT2D eigenvalue weighted by atomic mass is 10.0. The van der Waals surface area contributed by atoms with E-state index in [0.717, 1.165) is 5.69 Å². The molecule has 1 atom stereocenters. The Balaban J connectivity index is 2.75. The van der Waals surface area contributed by atoms with Crippen LogP contribution in [0.15, 0.2) is 18.2 Å². The molecule has 0 fully saturated rings. The van der Waals surface area contributed by atoms with Crippen molar-refractivity contribution in [3.8, 4) is 0 Å². The van der Waals surface area contributed by atoms with Gasteiger partial charge in [0.2, 0.25) is 0 Å². The average molecular weight is 203 g/mol. The fourth-order valence-corrected chi connectivity index (χ4v) is 2.07. The van der Waals surface area contributed by atoms with E-state index >= 15 is 0 Å². The fraction of sp³-hybridized carbons (Fsp3) is 0.417. The highest BCUT2D eigenvalue weighted by molar-refractivity contribution is 5.85. The maximum atomic E-state index is 4.46. The van der Waals surface area contributed by atoms with Crippen molar-refractivity contribution in [1.29, 1.82) is 0 Å². The molecule has 0 radical (unpaired) electrons. The summed E-state index contributed by atoms with van der Waals surface area (Å²) in [6, 6.07) is 6.73. The molecule has 3 heteroatoms. The van der Waals surface area contributed by atoms with Crippen molar-refractivity contribution in [3.05, 3.63) is 29.5 Å². The molecule has 0 aliphatic heterocycles. The predicted molar refractivity (Wildman–Crippen MR) is 62.9 cm³/mol. The van der Waals surface area contributed by atoms with Crippen LogP contribution in [-0.2, 0) is 7.05 Å². The van der Waals surface area contributed by atoms with Gasteiger partial charge in [0.15, 0.2) is 0 Å². The van der Waals surface area contributed by atoms with E-state index in [0.29, 0.717) is 6.04 Å². The molecule has 0 aliphatic rings. The number of rotatable bonds is 2. The first kappa shape index (κ1) is 10.2. The zero-order valence-corrected chi connectivity index (χ0v) is 9.70. The van der Waals surface area contributed by atoms with Crippen molar-refractivity contribution in [2.45, 2.75) is 19.9 Å². The number of nitrogens with one attached hydrogen (secondary N) is 1. The minimum absolute atomic E-state index is 0.358. The molecule has 0 amide bonds. The second kappa shape index (κ2) is 3.66. The Morgan fingerprint density at radius 3 is 2.80 bits per heavy atom. The Hall–Kier alpha value is -1.35. The van der Waals surface area contributed by atoms with Crippen LogP contribution in [0.3, 0.4) is 0 Å². The van der Waals surface area contributed by atoms with Gasteiger partial charge in [-0.25, -0.2) is 0 Å². The van der Waals surface area contributed by atoms with E-state index in [-0.39, 0.29) is 0 Å². The molecular weight excluding hydrogens is 186 g/mol. The van der Waals surface area contributed by atoms with Crippen LogP contribution in [0.1, 0.15) is 24.2 Å². The molecule has 2 rings (SSSR count). The second-order valence-electron chi connectivity index (χ2n) is 3.96. The van der Waals surface area contributed by atoms with Gasteiger partial charge in [-0.1, -0.05) is 12.1 Å². The van der Waals surface area contributed by atoms with E-state index in [4.69, 9.17) is 0 Å². The van der Waals surface area contributed by atoms with Crippen LogP contribution in [0, 0.1) is 6.92 Å². The summed E-state index contributed by atoms with van der Waals surface area (Å²) in [6.45, 7) is 4.23. The highest BCUT2D eigenvalue weighted by atomic mass is 15.3. The smallest absolute Gasteiger partial charge is 0.0685 e. The van der Waals surface area contributed by atoms with Gasteiger partial charge in [-0.3, -0.25) is 4.68 Å². The monoisotopic (exact) mass is 203 g/mol. The number of hydrogen-bond acceptors (Lipinski definition) is 2. The van der Waals surface area contributed by atoms with Gasteiger partial charge in [-0.05, 0) is 32.5 Å². The first-order chi connectivity index (χ1) is 7.15. The van der Waals surface area contributed by atoms with Crippen LogP contribution in [-0.4, -0.2) is 16.8 Å². The molecule has 15 heavy (non-hydrogen) atoms. The summed E-state index contributed by atoms with van der Waals surface area (Å²) in [5.41, 5.74) is 3.62. The summed E-state index contributed by atoms with van der Waals surface area (Å²) in [4.78, 5) is 0. The number of aryl methyl sites for hydroxylation is 2. The topological polar surface area (TPSA) is 29.9 Å². The quantitative estimate of drug-likeness (QED) is 0.810. The van der Waals surface area contributed by atoms with Crippen LogP contribution >= 0.6 is 0 Å². The molecule has 1 heterocycles. The van der Waals surface area contributed by atoms with Crippen LogP contribution in [0.4, 0.5) is 0 Å². The van der Waals surface area contributed by atoms with Gasteiger partial charge < -0.3 is 5.32 Å². The standard InChI is InChI=1S/C12H17N3/c1-8(13-3)10-6-5-7-11-12(10)9(2)14-15(11)4/h5-8,13H,1-4H3. The third kappa shape index (κ3) is 1.53. The largest absolute Gasteiger partial charge is 0.313 e. The maximum Gasteiger partial charge on any atom is 0.0685 e. The molecule has 0 saturated carbocycles. The maximum absolute atomic E-state index is 4.46. The van der Waals surface area contributed by atoms with Crippen molar-refractivity contribution < 1.29 is 0 Å². The van der Waals surface area contributed by atoms with Gasteiger partial charge in [-0.2, -0.15) is 5.10 Å². The second-order valence-corrected chi connectivity index (χ2v) is 3.96. The van der Waals surface area contributed by atoms with E-state index in [1.54, 1.807) is 0 Å². The molecule has 3 nitrogen and oxygen atoms in total. The lowest BCUT2D eigenvalue weighted by Gasteiger charge is -2.12. The van der Waals surface area contributed by atoms with E-state index in [1.807, 2.05) is 18.8 Å². The van der Waals surface area contributed by atoms with E-state index in [1.165, 1.54) is 16.5 Å². The number of fused-ring (bicyclic) bond motifs is 1. The summed E-state index contributed by atoms with van der Waals surface area (Å²) in [6.07, 6.45) is 0. The number of nitrogens with zero attached hydrogens (tertiary/aromatic N) is 2. The van der Waals surface area contributed by atoms with Crippen LogP contribution in [0.5, 0.6) is 0 Å². The van der Waals surface area contributed by atoms with Crippen molar-refractivity contribution >= 4 is 10.9 Å². The molecule has 0 saturated heterocycles. The third-order valence-corrected chi connectivity index (χ3v) is 2.98. The van der Waals surface area contributed by atoms with E-state index < -0.39 is 0 Å². The van der Waals surface area contributed by atoms with Gasteiger partial charge in [0, 0.05) is 18.5 Å². The zero-order chi connectivity index (χ0) is 11.0. The molecule has 1 aromatic heterocycles. The molecule has 0 spiro atoms. The highest BCUT2D eigenvalue weighted by Gasteiger charge is 2.12. The summed E-state index contributed by atoms with van der Waals surface area (Å²) < 4.78 is 1.94. The van der Waals surface area contributed by atoms with Crippen LogP contribution in [0.2, 0.25) is 0 Å². The first-order valence-electron chi connectivity index (χ1n) is 5.24. The summed E-state index contributed by atoms with van der Waals surface area (Å²) in [7, 11) is 3.97. The minimum atomic E-state index is 0.358. The average Bonchev–Trinajstić information content (AvgIpc) is 2.54. The fourth-order valence-electron chi connectivity index (χ4n) is 2.07. The molecule has 0 bridgehead atoms. The first-order valence-corrected chi connectivity index (χ1v) is 5.24. The molecule has 1 unspecified atom stereocenters. The Labute approximate surface area is 90.1 Å². The molecule has 0 aliphatic carbocycles. The van der Waals surface area contributed by atoms with E-state index in [9.17, 15) is 0 Å². The minimum Gasteiger partial charge on any atom is -0.313 e. The van der Waals surface area contributed by atoms with Crippen LogP contribution in [0.25, 0.3) is 10.9 Å². The third-order valence-electron chi connectivity index (χ3n) is 2.98. The SMILES string of the molecule is CNC(C)c1cccc2c1c(C)nn2C. The van der Waals surface area contributed by atoms with Gasteiger partial charge in [-0.15, -0.1) is 0 Å². The molecular formula is C12H17N3. The number of benzene rings is 1. The van der Waals surface area contributed by atoms with Crippen molar-refractivity contribution in [2.24, 2.45) is 7.05 Å². The Bertz CT molecular complexity index is 485. The Morgan fingerprint density at radius 1 is 1.40 bits per heavy atom. The lowest BCUT2D eigenvalue weighted by Crippen LogP contribution is -2.12. The van der Waals surface area contributed by atoms with Crippen LogP contribution < -0.4 is 5.32 Å². The van der Waals surface area contributed by atoms with Gasteiger partial charge in [0.25, 0.3) is 0 Å². The highest BCUT2D eigenvalue weighted by Crippen LogP contribution is 2.26. The van der Waals surface area contributed by atoms with Crippen molar-refractivity contribution in [1.82, 2.24) is 15.1 Å². The molecule has 1 N–H and O–H groups in total. The van der Waals surface area contributed by atoms with Crippen molar-refractivity contribution in [2.75, 3.05) is 7.05 Å². The van der Waals surface area contributed by atoms with Gasteiger partial charge in [0.1, 0.15) is 0 Å². The summed E-state index contributed by atoms with van der Waals surface area (Å²) in [5.74, 6) is 0. The molecule has 2 aromatic rings. The normalized spacial score (nSPS) is 13.3. The molecule has 80 valence electrons. The summed E-state index contributed by atoms with van der Waals surface area (Å²) >= 11 is 0. The van der Waals surface area contributed by atoms with Gasteiger partial charge >= 0.3 is 0 Å². The Morgan fingerprint density at radius 2 is 2.13 bits per heavy atom. The van der Waals surface area contributed by atoms with Crippen molar-refractivity contribution in [3.63, 3.8) is 0 Å². The summed E-state index contributed by atoms with van der Waals surface area (Å²) in [5, 5.41) is 9.01. The zero-order valence-electron chi connectivity index (χ0n) is 9.70. The van der Waals surface area contributed by atoms with E-state index in [2.05, 4.69) is 42.5 Å². The molecule has 1 aromatic carbocycles. The predicted octanol–water partition coefficient (Wildman–Crippen LogP) is 2.16. The Kier molecular flexibility index (Phi) is 2.49. The number of aromatic nitrogens is 2. The lowest BCUT2D eigenvalue weighted by molar-refractivity contribution is 0.657. The van der Waals surface area contributed by atoms with Gasteiger partial charge in [0.05, 0.1) is 11.2 Å². The number of hydrogen-bond donors (Lipinski definition) is 1.